The van der Waals surface area contributed by atoms with Gasteiger partial charge in [0, 0.05) is 0 Å². The molecule has 1 nitrogen and oxygen atoms in total. The quantitative estimate of drug-likeness (QED) is 0.666. The van der Waals surface area contributed by atoms with E-state index in [-0.39, 0.29) is 0 Å². The van der Waals surface area contributed by atoms with E-state index >= 15 is 0 Å². The second kappa shape index (κ2) is 5.32. The molecule has 2 aliphatic rings. The first-order valence-electron chi connectivity index (χ1n) is 6.05. The van der Waals surface area contributed by atoms with Gasteiger partial charge in [0.1, 0.15) is 0 Å². The largest absolute Gasteiger partial charge is 0.306 e. The Labute approximate surface area is 93.2 Å². The van der Waals surface area contributed by atoms with Crippen LogP contribution in [-0.2, 0) is 0 Å². The Morgan fingerprint density at radius 2 is 2.07 bits per heavy atom. The molecule has 1 heteroatoms. The van der Waals surface area contributed by atoms with Crippen molar-refractivity contribution in [2.24, 2.45) is 5.92 Å². The fourth-order valence-corrected chi connectivity index (χ4v) is 2.36. The lowest BCUT2D eigenvalue weighted by atomic mass is 9.90. The van der Waals surface area contributed by atoms with Crippen molar-refractivity contribution in [3.63, 3.8) is 0 Å². The van der Waals surface area contributed by atoms with E-state index in [2.05, 4.69) is 42.3 Å². The van der Waals surface area contributed by atoms with Crippen LogP contribution in [0.3, 0.4) is 0 Å². The van der Waals surface area contributed by atoms with Crippen molar-refractivity contribution in [1.82, 2.24) is 4.90 Å². The SMILES string of the molecule is CN1CCC(CC2=CC=CCC=C2)CC1. The van der Waals surface area contributed by atoms with Crippen LogP contribution < -0.4 is 0 Å². The first-order chi connectivity index (χ1) is 7.34. The Kier molecular flexibility index (Phi) is 3.79. The standard InChI is InChI=1S/C14H21N/c1-15-10-8-14(9-11-15)12-13-6-4-2-3-5-7-13/h2,4-7,14H,3,8-12H2,1H3. The van der Waals surface area contributed by atoms with E-state index in [9.17, 15) is 0 Å². The number of nitrogens with zero attached hydrogens (tertiary/aromatic N) is 1. The molecule has 1 fully saturated rings. The molecule has 0 N–H and O–H groups in total. The zero-order valence-corrected chi connectivity index (χ0v) is 9.65. The molecule has 1 aliphatic carbocycles. The summed E-state index contributed by atoms with van der Waals surface area (Å²) in [6.07, 6.45) is 16.4. The van der Waals surface area contributed by atoms with Gasteiger partial charge in [-0.25, -0.2) is 0 Å². The fraction of sp³-hybridized carbons (Fsp3) is 0.571. The monoisotopic (exact) mass is 203 g/mol. The van der Waals surface area contributed by atoms with Gasteiger partial charge in [-0.2, -0.15) is 0 Å². The van der Waals surface area contributed by atoms with Crippen LogP contribution >= 0.6 is 0 Å². The molecule has 2 rings (SSSR count). The third kappa shape index (κ3) is 3.35. The summed E-state index contributed by atoms with van der Waals surface area (Å²) in [6, 6.07) is 0. The normalized spacial score (nSPS) is 23.9. The molecule has 15 heavy (non-hydrogen) atoms. The van der Waals surface area contributed by atoms with Gasteiger partial charge in [-0.15, -0.1) is 0 Å². The highest BCUT2D eigenvalue weighted by molar-refractivity contribution is 5.27. The van der Waals surface area contributed by atoms with Gasteiger partial charge in [0.2, 0.25) is 0 Å². The molecule has 0 spiro atoms. The van der Waals surface area contributed by atoms with Gasteiger partial charge < -0.3 is 4.90 Å². The van der Waals surface area contributed by atoms with Gasteiger partial charge in [-0.3, -0.25) is 0 Å². The molecule has 0 saturated carbocycles. The maximum Gasteiger partial charge on any atom is -0.00190 e. The van der Waals surface area contributed by atoms with Gasteiger partial charge in [-0.1, -0.05) is 30.4 Å². The van der Waals surface area contributed by atoms with Gasteiger partial charge in [0.05, 0.1) is 0 Å². The minimum Gasteiger partial charge on any atom is -0.306 e. The van der Waals surface area contributed by atoms with Gasteiger partial charge in [-0.05, 0) is 57.3 Å². The maximum atomic E-state index is 2.44. The Bertz CT molecular complexity index is 278. The van der Waals surface area contributed by atoms with Crippen LogP contribution in [0.25, 0.3) is 0 Å². The number of likely N-dealkylation sites (tertiary alicyclic amines) is 1. The molecule has 0 radical (unpaired) electrons. The summed E-state index contributed by atoms with van der Waals surface area (Å²) in [6.45, 7) is 2.55. The van der Waals surface area contributed by atoms with E-state index in [1.807, 2.05) is 0 Å². The summed E-state index contributed by atoms with van der Waals surface area (Å²) in [5.74, 6) is 0.906. The molecule has 0 amide bonds. The molecule has 0 unspecified atom stereocenters. The minimum absolute atomic E-state index is 0.906. The first kappa shape index (κ1) is 10.7. The fourth-order valence-electron chi connectivity index (χ4n) is 2.36. The van der Waals surface area contributed by atoms with Gasteiger partial charge >= 0.3 is 0 Å². The maximum absolute atomic E-state index is 2.44. The molecular formula is C14H21N. The van der Waals surface area contributed by atoms with Crippen LogP contribution in [0.4, 0.5) is 0 Å². The van der Waals surface area contributed by atoms with Crippen molar-refractivity contribution >= 4 is 0 Å². The second-order valence-electron chi connectivity index (χ2n) is 4.76. The van der Waals surface area contributed by atoms with E-state index < -0.39 is 0 Å². The Morgan fingerprint density at radius 3 is 2.87 bits per heavy atom. The third-order valence-electron chi connectivity index (χ3n) is 3.41. The number of allylic oxidation sites excluding steroid dienone is 6. The Hall–Kier alpha value is -0.820. The highest BCUT2D eigenvalue weighted by Gasteiger charge is 2.16. The van der Waals surface area contributed by atoms with Gasteiger partial charge in [0.15, 0.2) is 0 Å². The van der Waals surface area contributed by atoms with Crippen LogP contribution in [-0.4, -0.2) is 25.0 Å². The van der Waals surface area contributed by atoms with E-state index in [0.717, 1.165) is 12.3 Å². The average Bonchev–Trinajstić information content (AvgIpc) is 2.50. The van der Waals surface area contributed by atoms with Crippen LogP contribution in [0.1, 0.15) is 25.7 Å². The number of rotatable bonds is 2. The molecule has 0 atom stereocenters. The van der Waals surface area contributed by atoms with E-state index in [4.69, 9.17) is 0 Å². The van der Waals surface area contributed by atoms with Crippen LogP contribution in [0.15, 0.2) is 36.0 Å². The summed E-state index contributed by atoms with van der Waals surface area (Å²) in [5.41, 5.74) is 1.51. The second-order valence-corrected chi connectivity index (χ2v) is 4.76. The molecule has 0 aromatic carbocycles. The summed E-state index contributed by atoms with van der Waals surface area (Å²) >= 11 is 0. The smallest absolute Gasteiger partial charge is 0.00190 e. The lowest BCUT2D eigenvalue weighted by Gasteiger charge is -2.29. The van der Waals surface area contributed by atoms with Crippen LogP contribution in [0.2, 0.25) is 0 Å². The average molecular weight is 203 g/mol. The predicted molar refractivity (Wildman–Crippen MR) is 65.8 cm³/mol. The summed E-state index contributed by atoms with van der Waals surface area (Å²) < 4.78 is 0. The van der Waals surface area contributed by atoms with Crippen molar-refractivity contribution in [1.29, 1.82) is 0 Å². The number of hydrogen-bond acceptors (Lipinski definition) is 1. The molecule has 82 valence electrons. The molecular weight excluding hydrogens is 182 g/mol. The van der Waals surface area contributed by atoms with Crippen molar-refractivity contribution in [2.45, 2.75) is 25.7 Å². The van der Waals surface area contributed by atoms with Crippen molar-refractivity contribution in [3.05, 3.63) is 36.0 Å². The molecule has 0 bridgehead atoms. The summed E-state index contributed by atoms with van der Waals surface area (Å²) in [4.78, 5) is 2.44. The van der Waals surface area contributed by atoms with E-state index in [1.54, 1.807) is 0 Å². The number of piperidine rings is 1. The van der Waals surface area contributed by atoms with Crippen LogP contribution in [0.5, 0.6) is 0 Å². The van der Waals surface area contributed by atoms with E-state index in [1.165, 1.54) is 37.9 Å². The van der Waals surface area contributed by atoms with Crippen molar-refractivity contribution in [2.75, 3.05) is 20.1 Å². The zero-order valence-electron chi connectivity index (χ0n) is 9.65. The van der Waals surface area contributed by atoms with Crippen LogP contribution in [0, 0.1) is 5.92 Å². The molecule has 1 saturated heterocycles. The first-order valence-corrected chi connectivity index (χ1v) is 6.05. The number of hydrogen-bond donors (Lipinski definition) is 0. The van der Waals surface area contributed by atoms with Crippen molar-refractivity contribution < 1.29 is 0 Å². The summed E-state index contributed by atoms with van der Waals surface area (Å²) in [7, 11) is 2.23. The molecule has 1 aliphatic heterocycles. The van der Waals surface area contributed by atoms with E-state index in [0.29, 0.717) is 0 Å². The Morgan fingerprint density at radius 1 is 1.27 bits per heavy atom. The highest BCUT2D eigenvalue weighted by atomic mass is 15.1. The molecule has 1 heterocycles. The molecule has 0 aromatic rings. The summed E-state index contributed by atoms with van der Waals surface area (Å²) in [5, 5.41) is 0. The Balaban J connectivity index is 1.86. The van der Waals surface area contributed by atoms with Gasteiger partial charge in [0.25, 0.3) is 0 Å². The minimum atomic E-state index is 0.906. The third-order valence-corrected chi connectivity index (χ3v) is 3.41. The molecule has 0 aromatic heterocycles. The predicted octanol–water partition coefficient (Wildman–Crippen LogP) is 3.16. The van der Waals surface area contributed by atoms with Crippen molar-refractivity contribution in [3.8, 4) is 0 Å². The lowest BCUT2D eigenvalue weighted by molar-refractivity contribution is 0.219. The zero-order chi connectivity index (χ0) is 10.5. The highest BCUT2D eigenvalue weighted by Crippen LogP contribution is 2.24. The lowest BCUT2D eigenvalue weighted by Crippen LogP contribution is -2.30. The topological polar surface area (TPSA) is 3.24 Å².